The van der Waals surface area contributed by atoms with E-state index in [9.17, 15) is 25.2 Å². The quantitative estimate of drug-likeness (QED) is 0.0518. The molecule has 258 valence electrons. The molecule has 1 saturated heterocycles. The molecule has 1 fully saturated rings. The summed E-state index contributed by atoms with van der Waals surface area (Å²) in [6, 6.07) is 0. The SMILES string of the molecule is CCCCCCCCCCCCCCC(O)C1CCC(C(O)CCCCC(O)CCCCCC(O)CC2=CC(C)OC2=O)O1. The Balaban J connectivity index is 1.40. The smallest absolute Gasteiger partial charge is 0.334 e. The molecule has 4 N–H and O–H groups in total. The molecule has 7 atom stereocenters. The molecule has 7 nitrogen and oxygen atoms in total. The first-order valence-electron chi connectivity index (χ1n) is 18.6. The molecular formula is C37H68O7. The molecule has 2 aliphatic heterocycles. The Morgan fingerprint density at radius 2 is 1.05 bits per heavy atom. The van der Waals surface area contributed by atoms with Gasteiger partial charge in [-0.1, -0.05) is 116 Å². The number of hydrogen-bond acceptors (Lipinski definition) is 7. The Morgan fingerprint density at radius 1 is 0.636 bits per heavy atom. The van der Waals surface area contributed by atoms with Crippen LogP contribution in [0.1, 0.15) is 174 Å². The molecule has 0 aromatic heterocycles. The lowest BCUT2D eigenvalue weighted by Gasteiger charge is -2.22. The van der Waals surface area contributed by atoms with Gasteiger partial charge >= 0.3 is 5.97 Å². The van der Waals surface area contributed by atoms with E-state index in [2.05, 4.69) is 6.92 Å². The lowest BCUT2D eigenvalue weighted by Crippen LogP contribution is -2.31. The molecule has 0 bridgehead atoms. The summed E-state index contributed by atoms with van der Waals surface area (Å²) in [5, 5.41) is 41.8. The molecular weight excluding hydrogens is 556 g/mol. The first-order valence-corrected chi connectivity index (χ1v) is 18.6. The van der Waals surface area contributed by atoms with Crippen molar-refractivity contribution in [3.8, 4) is 0 Å². The van der Waals surface area contributed by atoms with Gasteiger partial charge in [-0.2, -0.15) is 0 Å². The monoisotopic (exact) mass is 624 g/mol. The summed E-state index contributed by atoms with van der Waals surface area (Å²) in [5.74, 6) is -0.314. The number of rotatable bonds is 28. The fourth-order valence-corrected chi connectivity index (χ4v) is 6.77. The van der Waals surface area contributed by atoms with Gasteiger partial charge in [0.05, 0.1) is 36.6 Å². The normalized spacial score (nSPS) is 23.0. The number of cyclic esters (lactones) is 1. The maximum absolute atomic E-state index is 11.7. The van der Waals surface area contributed by atoms with Crippen LogP contribution in [0.2, 0.25) is 0 Å². The highest BCUT2D eigenvalue weighted by atomic mass is 16.5. The van der Waals surface area contributed by atoms with E-state index in [1.165, 1.54) is 70.6 Å². The Bertz CT molecular complexity index is 756. The van der Waals surface area contributed by atoms with Gasteiger partial charge < -0.3 is 29.9 Å². The van der Waals surface area contributed by atoms with Crippen molar-refractivity contribution in [2.75, 3.05) is 0 Å². The molecule has 7 heteroatoms. The average molecular weight is 625 g/mol. The van der Waals surface area contributed by atoms with Gasteiger partial charge in [0.2, 0.25) is 0 Å². The number of hydrogen-bond donors (Lipinski definition) is 4. The topological polar surface area (TPSA) is 116 Å². The summed E-state index contributed by atoms with van der Waals surface area (Å²) in [5.41, 5.74) is 0.576. The van der Waals surface area contributed by atoms with Gasteiger partial charge in [-0.15, -0.1) is 0 Å². The van der Waals surface area contributed by atoms with Crippen molar-refractivity contribution in [3.05, 3.63) is 11.6 Å². The molecule has 44 heavy (non-hydrogen) atoms. The lowest BCUT2D eigenvalue weighted by molar-refractivity contribution is -0.139. The van der Waals surface area contributed by atoms with E-state index in [0.29, 0.717) is 24.8 Å². The number of carbonyl (C=O) groups is 1. The second kappa shape index (κ2) is 24.2. The van der Waals surface area contributed by atoms with Gasteiger partial charge in [-0.3, -0.25) is 0 Å². The van der Waals surface area contributed by atoms with E-state index in [4.69, 9.17) is 9.47 Å². The fraction of sp³-hybridized carbons (Fsp3) is 0.919. The zero-order valence-corrected chi connectivity index (χ0v) is 28.3. The van der Waals surface area contributed by atoms with E-state index in [-0.39, 0.29) is 30.4 Å². The molecule has 7 unspecified atom stereocenters. The van der Waals surface area contributed by atoms with Crippen LogP contribution in [0.3, 0.4) is 0 Å². The first-order chi connectivity index (χ1) is 21.3. The summed E-state index contributed by atoms with van der Waals surface area (Å²) in [6.07, 6.45) is 25.2. The van der Waals surface area contributed by atoms with Crippen LogP contribution in [0.25, 0.3) is 0 Å². The van der Waals surface area contributed by atoms with Gasteiger partial charge in [0, 0.05) is 12.0 Å². The van der Waals surface area contributed by atoms with Crippen LogP contribution in [0.4, 0.5) is 0 Å². The van der Waals surface area contributed by atoms with Crippen LogP contribution < -0.4 is 0 Å². The predicted octanol–water partition coefficient (Wildman–Crippen LogP) is 7.84. The van der Waals surface area contributed by atoms with E-state index in [1.54, 1.807) is 6.08 Å². The Labute approximate surface area is 269 Å². The highest BCUT2D eigenvalue weighted by Crippen LogP contribution is 2.28. The molecule has 2 rings (SSSR count). The summed E-state index contributed by atoms with van der Waals surface area (Å²) >= 11 is 0. The van der Waals surface area contributed by atoms with Crippen molar-refractivity contribution < 1.29 is 34.7 Å². The predicted molar refractivity (Wildman–Crippen MR) is 177 cm³/mol. The van der Waals surface area contributed by atoms with Crippen molar-refractivity contribution in [1.82, 2.24) is 0 Å². The molecule has 0 radical (unpaired) electrons. The number of unbranched alkanes of at least 4 members (excludes halogenated alkanes) is 14. The van der Waals surface area contributed by atoms with Crippen LogP contribution in [-0.4, -0.2) is 69.1 Å². The van der Waals surface area contributed by atoms with Crippen molar-refractivity contribution in [3.63, 3.8) is 0 Å². The zero-order valence-electron chi connectivity index (χ0n) is 28.3. The van der Waals surface area contributed by atoms with E-state index >= 15 is 0 Å². The van der Waals surface area contributed by atoms with Gasteiger partial charge in [-0.25, -0.2) is 4.79 Å². The minimum atomic E-state index is -0.531. The third-order valence-corrected chi connectivity index (χ3v) is 9.61. The van der Waals surface area contributed by atoms with Crippen molar-refractivity contribution >= 4 is 5.97 Å². The van der Waals surface area contributed by atoms with Gasteiger partial charge in [0.15, 0.2) is 0 Å². The standard InChI is InChI=1S/C37H68O7/c1-3-4-5-6-7-8-9-10-11-12-13-17-23-33(40)35-25-26-36(44-35)34(41)24-19-18-21-31(38)20-15-14-16-22-32(39)28-30-27-29(2)43-37(30)42/h27,29,31-36,38-41H,3-26,28H2,1-2H3. The third kappa shape index (κ3) is 17.6. The molecule has 2 heterocycles. The summed E-state index contributed by atoms with van der Waals surface area (Å²) in [4.78, 5) is 11.7. The zero-order chi connectivity index (χ0) is 32.0. The fourth-order valence-electron chi connectivity index (χ4n) is 6.77. The highest BCUT2D eigenvalue weighted by molar-refractivity contribution is 5.90. The van der Waals surface area contributed by atoms with Gasteiger partial charge in [0.25, 0.3) is 0 Å². The number of aliphatic hydroxyl groups excluding tert-OH is 4. The maximum Gasteiger partial charge on any atom is 0.334 e. The van der Waals surface area contributed by atoms with Crippen LogP contribution in [0.5, 0.6) is 0 Å². The minimum Gasteiger partial charge on any atom is -0.455 e. The van der Waals surface area contributed by atoms with Crippen molar-refractivity contribution in [1.29, 1.82) is 0 Å². The van der Waals surface area contributed by atoms with E-state index in [0.717, 1.165) is 70.6 Å². The third-order valence-electron chi connectivity index (χ3n) is 9.61. The number of carbonyl (C=O) groups excluding carboxylic acids is 1. The Morgan fingerprint density at radius 3 is 1.55 bits per heavy atom. The lowest BCUT2D eigenvalue weighted by atomic mass is 9.99. The van der Waals surface area contributed by atoms with Gasteiger partial charge in [0.1, 0.15) is 6.10 Å². The summed E-state index contributed by atoms with van der Waals surface area (Å²) < 4.78 is 11.1. The molecule has 0 saturated carbocycles. The first kappa shape index (κ1) is 39.2. The second-order valence-corrected chi connectivity index (χ2v) is 13.8. The average Bonchev–Trinajstić information content (AvgIpc) is 3.61. The largest absolute Gasteiger partial charge is 0.455 e. The van der Waals surface area contributed by atoms with E-state index in [1.807, 2.05) is 6.92 Å². The molecule has 0 amide bonds. The highest BCUT2D eigenvalue weighted by Gasteiger charge is 2.34. The van der Waals surface area contributed by atoms with Gasteiger partial charge in [-0.05, 0) is 57.9 Å². The minimum absolute atomic E-state index is 0.148. The molecule has 0 aromatic carbocycles. The Hall–Kier alpha value is -0.990. The van der Waals surface area contributed by atoms with Crippen molar-refractivity contribution in [2.45, 2.75) is 217 Å². The number of esters is 1. The maximum atomic E-state index is 11.7. The molecule has 2 aliphatic rings. The van der Waals surface area contributed by atoms with Crippen LogP contribution in [-0.2, 0) is 14.3 Å². The summed E-state index contributed by atoms with van der Waals surface area (Å²) in [6.45, 7) is 4.08. The molecule has 0 aliphatic carbocycles. The molecule has 0 aromatic rings. The Kier molecular flexibility index (Phi) is 21.6. The number of ether oxygens (including phenoxy) is 2. The van der Waals surface area contributed by atoms with Crippen LogP contribution >= 0.6 is 0 Å². The van der Waals surface area contributed by atoms with Crippen LogP contribution in [0, 0.1) is 0 Å². The summed E-state index contributed by atoms with van der Waals surface area (Å²) in [7, 11) is 0. The second-order valence-electron chi connectivity index (χ2n) is 13.8. The van der Waals surface area contributed by atoms with Crippen LogP contribution in [0.15, 0.2) is 11.6 Å². The van der Waals surface area contributed by atoms with Crippen molar-refractivity contribution in [2.24, 2.45) is 0 Å². The van der Waals surface area contributed by atoms with E-state index < -0.39 is 18.3 Å². The number of aliphatic hydroxyl groups is 4. The molecule has 0 spiro atoms.